The highest BCUT2D eigenvalue weighted by Crippen LogP contribution is 2.64. The Morgan fingerprint density at radius 3 is 2.28 bits per heavy atom. The van der Waals surface area contributed by atoms with Crippen LogP contribution in [0.15, 0.2) is 29.2 Å². The third-order valence-corrected chi connectivity index (χ3v) is 8.03. The van der Waals surface area contributed by atoms with Crippen molar-refractivity contribution in [3.8, 4) is 0 Å². The molecule has 0 spiro atoms. The van der Waals surface area contributed by atoms with Crippen molar-refractivity contribution in [1.82, 2.24) is 5.32 Å². The summed E-state index contributed by atoms with van der Waals surface area (Å²) in [6.07, 6.45) is 6.63. The van der Waals surface area contributed by atoms with Gasteiger partial charge in [-0.05, 0) is 68.1 Å². The van der Waals surface area contributed by atoms with Crippen LogP contribution < -0.4 is 10.5 Å². The molecule has 0 aliphatic heterocycles. The van der Waals surface area contributed by atoms with Crippen molar-refractivity contribution >= 4 is 31.9 Å². The van der Waals surface area contributed by atoms with Crippen LogP contribution in [0.2, 0.25) is 0 Å². The first kappa shape index (κ1) is 17.5. The quantitative estimate of drug-likeness (QED) is 0.725. The van der Waals surface area contributed by atoms with E-state index < -0.39 is 10.0 Å². The number of carbonyl (C=O) groups is 1. The maximum atomic E-state index is 13.0. The minimum atomic E-state index is -3.68. The number of halogens is 1. The van der Waals surface area contributed by atoms with Crippen LogP contribution in [-0.2, 0) is 21.4 Å². The molecule has 0 saturated heterocycles. The Hall–Kier alpha value is -0.920. The lowest BCUT2D eigenvalue weighted by Gasteiger charge is -2.59. The summed E-state index contributed by atoms with van der Waals surface area (Å²) in [7, 11) is -3.68. The van der Waals surface area contributed by atoms with Gasteiger partial charge in [0, 0.05) is 10.9 Å². The second-order valence-corrected chi connectivity index (χ2v) is 11.5. The molecule has 0 radical (unpaired) electrons. The average Bonchev–Trinajstić information content (AvgIpc) is 2.49. The smallest absolute Gasteiger partial charge is 0.238 e. The molecule has 4 saturated carbocycles. The Balaban J connectivity index is 1.44. The summed E-state index contributed by atoms with van der Waals surface area (Å²) in [5.74, 6) is 1.49. The first-order chi connectivity index (χ1) is 11.7. The summed E-state index contributed by atoms with van der Waals surface area (Å²) < 4.78 is 22.8. The van der Waals surface area contributed by atoms with E-state index in [1.165, 1.54) is 31.4 Å². The Morgan fingerprint density at radius 2 is 1.76 bits per heavy atom. The maximum Gasteiger partial charge on any atom is 0.238 e. The lowest BCUT2D eigenvalue weighted by atomic mass is 9.49. The fraction of sp³-hybridized carbons (Fsp3) is 0.611. The average molecular weight is 427 g/mol. The molecule has 0 unspecified atom stereocenters. The number of amides is 1. The van der Waals surface area contributed by atoms with Crippen molar-refractivity contribution in [2.45, 2.75) is 54.3 Å². The van der Waals surface area contributed by atoms with E-state index in [4.69, 9.17) is 5.14 Å². The zero-order chi connectivity index (χ0) is 17.9. The third kappa shape index (κ3) is 3.26. The van der Waals surface area contributed by atoms with E-state index >= 15 is 0 Å². The number of nitrogens with one attached hydrogen (secondary N) is 1. The number of rotatable bonds is 4. The summed E-state index contributed by atoms with van der Waals surface area (Å²) in [4.78, 5) is 13.1. The van der Waals surface area contributed by atoms with E-state index in [0.717, 1.165) is 24.8 Å². The molecule has 2 atom stereocenters. The second-order valence-electron chi connectivity index (χ2n) is 8.26. The van der Waals surface area contributed by atoms with E-state index in [1.54, 1.807) is 12.1 Å². The Kier molecular flexibility index (Phi) is 4.05. The molecule has 25 heavy (non-hydrogen) atoms. The van der Waals surface area contributed by atoms with Gasteiger partial charge in [-0.25, -0.2) is 13.6 Å². The lowest BCUT2D eigenvalue weighted by molar-refractivity contribution is -0.144. The predicted octanol–water partition coefficient (Wildman–Crippen LogP) is 2.68. The maximum absolute atomic E-state index is 13.0. The van der Waals surface area contributed by atoms with Gasteiger partial charge in [-0.3, -0.25) is 4.79 Å². The van der Waals surface area contributed by atoms with Crippen LogP contribution in [0, 0.1) is 17.3 Å². The van der Waals surface area contributed by atoms with Gasteiger partial charge in [-0.1, -0.05) is 28.1 Å². The van der Waals surface area contributed by atoms with Crippen molar-refractivity contribution in [3.05, 3.63) is 29.8 Å². The summed E-state index contributed by atoms with van der Waals surface area (Å²) in [6, 6.07) is 6.36. The molecule has 0 heterocycles. The number of alkyl halides is 1. The number of hydrogen-bond donors (Lipinski definition) is 2. The number of carbonyl (C=O) groups excluding carboxylic acids is 1. The number of nitrogens with two attached hydrogens (primary N) is 1. The minimum Gasteiger partial charge on any atom is -0.352 e. The van der Waals surface area contributed by atoms with E-state index in [0.29, 0.717) is 18.4 Å². The van der Waals surface area contributed by atoms with Crippen molar-refractivity contribution in [2.75, 3.05) is 0 Å². The molecule has 5 rings (SSSR count). The minimum absolute atomic E-state index is 0.0879. The largest absolute Gasteiger partial charge is 0.352 e. The van der Waals surface area contributed by atoms with Crippen LogP contribution in [0.25, 0.3) is 0 Å². The number of primary sulfonamides is 1. The van der Waals surface area contributed by atoms with Gasteiger partial charge in [0.2, 0.25) is 15.9 Å². The van der Waals surface area contributed by atoms with E-state index in [2.05, 4.69) is 21.2 Å². The number of hydrogen-bond acceptors (Lipinski definition) is 3. The van der Waals surface area contributed by atoms with Crippen molar-refractivity contribution in [3.63, 3.8) is 0 Å². The molecule has 4 fully saturated rings. The molecule has 3 N–H and O–H groups in total. The fourth-order valence-electron chi connectivity index (χ4n) is 5.58. The summed E-state index contributed by atoms with van der Waals surface area (Å²) in [5.41, 5.74) is 0.646. The first-order valence-corrected chi connectivity index (χ1v) is 11.1. The van der Waals surface area contributed by atoms with Crippen molar-refractivity contribution in [2.24, 2.45) is 22.4 Å². The van der Waals surface area contributed by atoms with Gasteiger partial charge in [0.1, 0.15) is 0 Å². The molecule has 0 aromatic heterocycles. The van der Waals surface area contributed by atoms with Gasteiger partial charge < -0.3 is 5.32 Å². The normalized spacial score (nSPS) is 36.4. The van der Waals surface area contributed by atoms with Crippen LogP contribution in [-0.4, -0.2) is 18.6 Å². The van der Waals surface area contributed by atoms with Crippen LogP contribution >= 0.6 is 15.9 Å². The summed E-state index contributed by atoms with van der Waals surface area (Å²) in [5, 5.41) is 8.20. The molecule has 1 aromatic carbocycles. The van der Waals surface area contributed by atoms with E-state index in [9.17, 15) is 13.2 Å². The molecule has 7 heteroatoms. The number of sulfonamides is 1. The van der Waals surface area contributed by atoms with E-state index in [1.807, 2.05) is 0 Å². The highest BCUT2D eigenvalue weighted by Gasteiger charge is 2.59. The molecule has 136 valence electrons. The third-order valence-electron chi connectivity index (χ3n) is 6.18. The standard InChI is InChI=1S/C18H23BrN2O3S/c19-18-8-13-5-14(9-18)7-17(6-13,11-18)16(22)21-10-12-1-3-15(4-2-12)25(20,23)24/h1-4,13-14H,5-11H2,(H,21,22)(H2,20,23,24)/t13-,14-,17?,18?/m1/s1. The van der Waals surface area contributed by atoms with Crippen molar-refractivity contribution in [1.29, 1.82) is 0 Å². The second kappa shape index (κ2) is 5.79. The van der Waals surface area contributed by atoms with Gasteiger partial charge in [0.05, 0.1) is 10.3 Å². The van der Waals surface area contributed by atoms with Crippen LogP contribution in [0.1, 0.15) is 44.1 Å². The summed E-state index contributed by atoms with van der Waals surface area (Å²) in [6.45, 7) is 0.413. The van der Waals surface area contributed by atoms with Crippen molar-refractivity contribution < 1.29 is 13.2 Å². The molecule has 4 bridgehead atoms. The monoisotopic (exact) mass is 426 g/mol. The molecule has 4 aliphatic rings. The molecular formula is C18H23BrN2O3S. The molecule has 4 aliphatic carbocycles. The van der Waals surface area contributed by atoms with E-state index in [-0.39, 0.29) is 20.5 Å². The van der Waals surface area contributed by atoms with Crippen LogP contribution in [0.3, 0.4) is 0 Å². The van der Waals surface area contributed by atoms with Gasteiger partial charge in [-0.2, -0.15) is 0 Å². The Labute approximate surface area is 156 Å². The Morgan fingerprint density at radius 1 is 1.16 bits per heavy atom. The number of benzene rings is 1. The SMILES string of the molecule is NS(=O)(=O)c1ccc(CNC(=O)C23C[C@H]4C[C@@H](CC(Br)(C4)C2)C3)cc1. The van der Waals surface area contributed by atoms with Crippen LogP contribution in [0.4, 0.5) is 0 Å². The van der Waals surface area contributed by atoms with Crippen LogP contribution in [0.5, 0.6) is 0 Å². The van der Waals surface area contributed by atoms with Gasteiger partial charge in [-0.15, -0.1) is 0 Å². The zero-order valence-corrected chi connectivity index (χ0v) is 16.4. The Bertz CT molecular complexity index is 792. The lowest BCUT2D eigenvalue weighted by Crippen LogP contribution is -2.58. The van der Waals surface area contributed by atoms with Gasteiger partial charge in [0.25, 0.3) is 0 Å². The molecule has 5 nitrogen and oxygen atoms in total. The van der Waals surface area contributed by atoms with Gasteiger partial charge in [0.15, 0.2) is 0 Å². The first-order valence-electron chi connectivity index (χ1n) is 8.77. The highest BCUT2D eigenvalue weighted by atomic mass is 79.9. The predicted molar refractivity (Wildman–Crippen MR) is 98.4 cm³/mol. The fourth-order valence-corrected chi connectivity index (χ4v) is 7.55. The zero-order valence-electron chi connectivity index (χ0n) is 14.0. The molecular weight excluding hydrogens is 404 g/mol. The molecule has 1 aromatic rings. The highest BCUT2D eigenvalue weighted by molar-refractivity contribution is 9.10. The topological polar surface area (TPSA) is 89.3 Å². The molecule has 1 amide bonds. The van der Waals surface area contributed by atoms with Gasteiger partial charge >= 0.3 is 0 Å². The summed E-state index contributed by atoms with van der Waals surface area (Å²) >= 11 is 3.93.